The Kier molecular flexibility index (Phi) is 9.14. The lowest BCUT2D eigenvalue weighted by molar-refractivity contribution is 0.587. The molecule has 0 fully saturated rings. The van der Waals surface area contributed by atoms with Crippen LogP contribution in [-0.4, -0.2) is 0 Å². The fourth-order valence-electron chi connectivity index (χ4n) is 2.43. The largest absolute Gasteiger partial charge is 0.0881 e. The molecule has 0 heteroatoms. The van der Waals surface area contributed by atoms with E-state index in [0.29, 0.717) is 0 Å². The predicted molar refractivity (Wildman–Crippen MR) is 85.3 cm³/mol. The van der Waals surface area contributed by atoms with Crippen LogP contribution < -0.4 is 0 Å². The molecule has 19 heavy (non-hydrogen) atoms. The number of benzene rings is 1. The van der Waals surface area contributed by atoms with Crippen molar-refractivity contribution in [3.05, 3.63) is 47.5 Å². The van der Waals surface area contributed by atoms with Gasteiger partial charge in [0.25, 0.3) is 0 Å². The zero-order chi connectivity index (χ0) is 13.8. The summed E-state index contributed by atoms with van der Waals surface area (Å²) in [4.78, 5) is 0. The van der Waals surface area contributed by atoms with Gasteiger partial charge in [-0.2, -0.15) is 0 Å². The minimum Gasteiger partial charge on any atom is -0.0881 e. The van der Waals surface area contributed by atoms with Crippen molar-refractivity contribution in [2.75, 3.05) is 0 Å². The summed E-state index contributed by atoms with van der Waals surface area (Å²) in [6.45, 7) is 4.44. The Balaban J connectivity index is 2.13. The fraction of sp³-hybridized carbons (Fsp3) is 0.579. The van der Waals surface area contributed by atoms with Crippen LogP contribution in [0.1, 0.15) is 70.8 Å². The molecule has 0 amide bonds. The number of rotatable bonds is 10. The highest BCUT2D eigenvalue weighted by atomic mass is 14.0. The van der Waals surface area contributed by atoms with Crippen molar-refractivity contribution in [2.45, 2.75) is 71.6 Å². The van der Waals surface area contributed by atoms with Crippen molar-refractivity contribution in [1.82, 2.24) is 0 Å². The highest BCUT2D eigenvalue weighted by Gasteiger charge is 1.99. The van der Waals surface area contributed by atoms with E-state index in [1.54, 1.807) is 5.57 Å². The van der Waals surface area contributed by atoms with Crippen LogP contribution >= 0.6 is 0 Å². The molecule has 0 aliphatic carbocycles. The number of unbranched alkanes of at least 4 members (excludes halogenated alkanes) is 6. The van der Waals surface area contributed by atoms with Crippen LogP contribution in [0, 0.1) is 6.07 Å². The Bertz CT molecular complexity index is 334. The van der Waals surface area contributed by atoms with Gasteiger partial charge in [0, 0.05) is 0 Å². The molecular weight excluding hydrogens is 228 g/mol. The van der Waals surface area contributed by atoms with Gasteiger partial charge in [-0.1, -0.05) is 81.4 Å². The summed E-state index contributed by atoms with van der Waals surface area (Å²) >= 11 is 0. The van der Waals surface area contributed by atoms with E-state index in [2.05, 4.69) is 38.1 Å². The third-order valence-electron chi connectivity index (χ3n) is 3.70. The molecule has 0 aliphatic heterocycles. The van der Waals surface area contributed by atoms with Gasteiger partial charge in [-0.15, -0.1) is 0 Å². The van der Waals surface area contributed by atoms with Gasteiger partial charge < -0.3 is 0 Å². The second kappa shape index (κ2) is 10.8. The highest BCUT2D eigenvalue weighted by Crippen LogP contribution is 2.16. The zero-order valence-electron chi connectivity index (χ0n) is 12.8. The van der Waals surface area contributed by atoms with Gasteiger partial charge in [-0.3, -0.25) is 0 Å². The van der Waals surface area contributed by atoms with Crippen molar-refractivity contribution in [1.29, 1.82) is 0 Å². The number of hydrogen-bond acceptors (Lipinski definition) is 0. The van der Waals surface area contributed by atoms with Crippen LogP contribution in [0.15, 0.2) is 35.9 Å². The molecule has 0 aromatic heterocycles. The highest BCUT2D eigenvalue weighted by molar-refractivity contribution is 5.20. The average molecular weight is 257 g/mol. The lowest BCUT2D eigenvalue weighted by atomic mass is 9.99. The van der Waals surface area contributed by atoms with Gasteiger partial charge in [0.05, 0.1) is 0 Å². The second-order valence-electron chi connectivity index (χ2n) is 5.38. The van der Waals surface area contributed by atoms with E-state index in [1.165, 1.54) is 56.9 Å². The normalized spacial score (nSPS) is 11.8. The second-order valence-corrected chi connectivity index (χ2v) is 5.38. The topological polar surface area (TPSA) is 0 Å². The standard InChI is InChI=1S/C19H29/c1-3-5-6-7-8-9-11-14-18(4-2)17-19-15-12-10-13-16-19/h4,10,12-13,15H,3,5-9,11,14,17H2,1-2H3. The quantitative estimate of drug-likeness (QED) is 0.350. The van der Waals surface area contributed by atoms with E-state index >= 15 is 0 Å². The molecule has 0 aliphatic rings. The molecule has 0 N–H and O–H groups in total. The fourth-order valence-corrected chi connectivity index (χ4v) is 2.43. The van der Waals surface area contributed by atoms with Crippen molar-refractivity contribution in [2.24, 2.45) is 0 Å². The molecule has 0 saturated carbocycles. The van der Waals surface area contributed by atoms with Gasteiger partial charge >= 0.3 is 0 Å². The van der Waals surface area contributed by atoms with Crippen molar-refractivity contribution in [3.8, 4) is 0 Å². The van der Waals surface area contributed by atoms with Crippen molar-refractivity contribution < 1.29 is 0 Å². The van der Waals surface area contributed by atoms with E-state index in [4.69, 9.17) is 0 Å². The maximum absolute atomic E-state index is 3.32. The number of hydrogen-bond donors (Lipinski definition) is 0. The van der Waals surface area contributed by atoms with Crippen LogP contribution in [0.3, 0.4) is 0 Å². The van der Waals surface area contributed by atoms with E-state index in [-0.39, 0.29) is 0 Å². The summed E-state index contributed by atoms with van der Waals surface area (Å²) in [6.07, 6.45) is 14.4. The monoisotopic (exact) mass is 257 g/mol. The van der Waals surface area contributed by atoms with E-state index in [0.717, 1.165) is 6.42 Å². The SMILES string of the molecule is CC=C(CCCCCCCCC)Cc1[c]cccc1. The summed E-state index contributed by atoms with van der Waals surface area (Å²) in [5, 5.41) is 0. The Morgan fingerprint density at radius 1 is 1.05 bits per heavy atom. The van der Waals surface area contributed by atoms with Crippen molar-refractivity contribution in [3.63, 3.8) is 0 Å². The molecule has 0 unspecified atom stereocenters. The Hall–Kier alpha value is -1.04. The first-order chi connectivity index (χ1) is 9.36. The Morgan fingerprint density at radius 2 is 1.79 bits per heavy atom. The molecule has 105 valence electrons. The first-order valence-corrected chi connectivity index (χ1v) is 7.96. The molecule has 0 saturated heterocycles. The van der Waals surface area contributed by atoms with Crippen LogP contribution in [0.2, 0.25) is 0 Å². The number of allylic oxidation sites excluding steroid dienone is 2. The van der Waals surface area contributed by atoms with Gasteiger partial charge in [0.15, 0.2) is 0 Å². The lowest BCUT2D eigenvalue weighted by Crippen LogP contribution is -1.91. The minimum absolute atomic E-state index is 1.08. The van der Waals surface area contributed by atoms with Crippen LogP contribution in [0.5, 0.6) is 0 Å². The molecule has 0 atom stereocenters. The maximum Gasteiger partial charge on any atom is -0.00611 e. The third kappa shape index (κ3) is 7.87. The van der Waals surface area contributed by atoms with E-state index in [9.17, 15) is 0 Å². The van der Waals surface area contributed by atoms with Gasteiger partial charge in [0.1, 0.15) is 0 Å². The first kappa shape index (κ1) is 16.0. The van der Waals surface area contributed by atoms with E-state index in [1.807, 2.05) is 12.1 Å². The molecule has 1 radical (unpaired) electrons. The maximum atomic E-state index is 3.32. The summed E-state index contributed by atoms with van der Waals surface area (Å²) in [7, 11) is 0. The minimum atomic E-state index is 1.08. The molecule has 1 rings (SSSR count). The van der Waals surface area contributed by atoms with Crippen molar-refractivity contribution >= 4 is 0 Å². The molecule has 0 nitrogen and oxygen atoms in total. The first-order valence-electron chi connectivity index (χ1n) is 7.96. The third-order valence-corrected chi connectivity index (χ3v) is 3.70. The molecule has 1 aromatic rings. The smallest absolute Gasteiger partial charge is 0.00611 e. The lowest BCUT2D eigenvalue weighted by Gasteiger charge is -2.07. The molecular formula is C19H29. The summed E-state index contributed by atoms with van der Waals surface area (Å²) < 4.78 is 0. The molecule has 0 spiro atoms. The van der Waals surface area contributed by atoms with Crippen LogP contribution in [0.4, 0.5) is 0 Å². The molecule has 1 aromatic carbocycles. The summed E-state index contributed by atoms with van der Waals surface area (Å²) in [5.41, 5.74) is 2.88. The van der Waals surface area contributed by atoms with Crippen LogP contribution in [0.25, 0.3) is 0 Å². The molecule has 0 heterocycles. The Labute approximate surface area is 119 Å². The molecule has 0 bridgehead atoms. The zero-order valence-corrected chi connectivity index (χ0v) is 12.8. The predicted octanol–water partition coefficient (Wildman–Crippen LogP) is 6.12. The van der Waals surface area contributed by atoms with Crippen LogP contribution in [-0.2, 0) is 6.42 Å². The Morgan fingerprint density at radius 3 is 2.42 bits per heavy atom. The van der Waals surface area contributed by atoms with Gasteiger partial charge in [0.2, 0.25) is 0 Å². The van der Waals surface area contributed by atoms with Gasteiger partial charge in [-0.05, 0) is 37.8 Å². The average Bonchev–Trinajstić information content (AvgIpc) is 2.46. The van der Waals surface area contributed by atoms with Gasteiger partial charge in [-0.25, -0.2) is 0 Å². The summed E-state index contributed by atoms with van der Waals surface area (Å²) in [6, 6.07) is 11.6. The summed E-state index contributed by atoms with van der Waals surface area (Å²) in [5.74, 6) is 0. The van der Waals surface area contributed by atoms with E-state index < -0.39 is 0 Å².